The second-order valence-electron chi connectivity index (χ2n) is 6.22. The molecule has 0 saturated heterocycles. The van der Waals surface area contributed by atoms with Crippen LogP contribution < -0.4 is 15.8 Å². The van der Waals surface area contributed by atoms with Gasteiger partial charge in [-0.1, -0.05) is 18.2 Å². The van der Waals surface area contributed by atoms with Crippen LogP contribution in [0, 0.1) is 0 Å². The monoisotopic (exact) mass is 360 g/mol. The fourth-order valence-electron chi connectivity index (χ4n) is 3.29. The van der Waals surface area contributed by atoms with Crippen molar-refractivity contribution in [3.8, 4) is 5.75 Å². The van der Waals surface area contributed by atoms with Crippen molar-refractivity contribution in [1.29, 1.82) is 0 Å². The number of nitrogen functional groups attached to an aromatic ring is 1. The minimum absolute atomic E-state index is 0. The normalized spacial score (nSPS) is 15.6. The van der Waals surface area contributed by atoms with Crippen molar-refractivity contribution in [2.75, 3.05) is 12.3 Å². The molecule has 0 aliphatic heterocycles. The van der Waals surface area contributed by atoms with Crippen LogP contribution in [-0.2, 0) is 17.6 Å². The molecule has 25 heavy (non-hydrogen) atoms. The van der Waals surface area contributed by atoms with Crippen LogP contribution in [0.2, 0.25) is 0 Å². The Bertz CT molecular complexity index is 716. The molecule has 4 nitrogen and oxygen atoms in total. The predicted octanol–water partition coefficient (Wildman–Crippen LogP) is 3.83. The number of nitrogens with one attached hydrogen (secondary N) is 1. The molecule has 1 atom stereocenters. The number of carbonyl (C=O) groups is 1. The number of rotatable bonds is 5. The van der Waals surface area contributed by atoms with Gasteiger partial charge in [-0.25, -0.2) is 0 Å². The Morgan fingerprint density at radius 2 is 2.00 bits per heavy atom. The number of aryl methyl sites for hydroxylation is 1. The Balaban J connectivity index is 0.00000225. The lowest BCUT2D eigenvalue weighted by Gasteiger charge is -2.26. The minimum atomic E-state index is 0. The third-order valence-electron chi connectivity index (χ3n) is 4.42. The highest BCUT2D eigenvalue weighted by Crippen LogP contribution is 2.31. The average Bonchev–Trinajstić information content (AvgIpc) is 2.57. The van der Waals surface area contributed by atoms with Crippen molar-refractivity contribution in [2.24, 2.45) is 0 Å². The number of amides is 1. The van der Waals surface area contributed by atoms with E-state index in [0.29, 0.717) is 13.0 Å². The number of carbonyl (C=O) groups excluding carboxylic acids is 1. The molecule has 2 aromatic rings. The topological polar surface area (TPSA) is 64.3 Å². The Morgan fingerprint density at radius 3 is 2.72 bits per heavy atom. The fourth-order valence-corrected chi connectivity index (χ4v) is 3.29. The minimum Gasteiger partial charge on any atom is -0.494 e. The van der Waals surface area contributed by atoms with Crippen LogP contribution >= 0.6 is 12.4 Å². The van der Waals surface area contributed by atoms with Gasteiger partial charge in [0.2, 0.25) is 5.91 Å². The highest BCUT2D eigenvalue weighted by Gasteiger charge is 2.21. The number of hydrogen-bond acceptors (Lipinski definition) is 3. The van der Waals surface area contributed by atoms with Crippen molar-refractivity contribution in [1.82, 2.24) is 5.32 Å². The Morgan fingerprint density at radius 1 is 1.24 bits per heavy atom. The van der Waals surface area contributed by atoms with Crippen molar-refractivity contribution in [2.45, 2.75) is 38.6 Å². The molecule has 5 heteroatoms. The second kappa shape index (κ2) is 8.77. The largest absolute Gasteiger partial charge is 0.494 e. The van der Waals surface area contributed by atoms with Crippen LogP contribution in [0.4, 0.5) is 5.69 Å². The molecule has 3 N–H and O–H groups in total. The molecule has 0 saturated carbocycles. The van der Waals surface area contributed by atoms with E-state index in [1.54, 1.807) is 0 Å². The first kappa shape index (κ1) is 19.1. The number of halogens is 1. The zero-order valence-electron chi connectivity index (χ0n) is 14.5. The summed E-state index contributed by atoms with van der Waals surface area (Å²) in [6, 6.07) is 13.8. The molecule has 0 radical (unpaired) electrons. The van der Waals surface area contributed by atoms with E-state index in [1.165, 1.54) is 11.1 Å². The van der Waals surface area contributed by atoms with Crippen LogP contribution in [0.15, 0.2) is 42.5 Å². The third-order valence-corrected chi connectivity index (χ3v) is 4.42. The van der Waals surface area contributed by atoms with E-state index in [-0.39, 0.29) is 24.4 Å². The summed E-state index contributed by atoms with van der Waals surface area (Å²) >= 11 is 0. The van der Waals surface area contributed by atoms with Crippen LogP contribution in [-0.4, -0.2) is 12.5 Å². The standard InChI is InChI=1S/C20H24N2O2.ClH/c1-2-24-17-9-6-14(7-10-17)12-20(23)22-19-5-3-4-15-13-16(21)8-11-18(15)19;/h6-11,13,19H,2-5,12,21H2,1H3,(H,22,23);1H. The Labute approximate surface area is 155 Å². The molecule has 134 valence electrons. The molecule has 1 aliphatic carbocycles. The van der Waals surface area contributed by atoms with Crippen LogP contribution in [0.5, 0.6) is 5.75 Å². The SMILES string of the molecule is CCOc1ccc(CC(=O)NC2CCCc3cc(N)ccc32)cc1.Cl. The third kappa shape index (κ3) is 4.89. The van der Waals surface area contributed by atoms with E-state index in [9.17, 15) is 4.79 Å². The number of nitrogens with two attached hydrogens (primary N) is 1. The first-order valence-electron chi connectivity index (χ1n) is 8.55. The summed E-state index contributed by atoms with van der Waals surface area (Å²) < 4.78 is 5.43. The maximum absolute atomic E-state index is 12.4. The number of ether oxygens (including phenoxy) is 1. The van der Waals surface area contributed by atoms with Gasteiger partial charge in [0.15, 0.2) is 0 Å². The van der Waals surface area contributed by atoms with Gasteiger partial charge in [0.1, 0.15) is 5.75 Å². The van der Waals surface area contributed by atoms with Gasteiger partial charge in [-0.15, -0.1) is 12.4 Å². The summed E-state index contributed by atoms with van der Waals surface area (Å²) in [5, 5.41) is 3.17. The maximum Gasteiger partial charge on any atom is 0.224 e. The van der Waals surface area contributed by atoms with Crippen LogP contribution in [0.25, 0.3) is 0 Å². The smallest absolute Gasteiger partial charge is 0.224 e. The van der Waals surface area contributed by atoms with Gasteiger partial charge in [-0.3, -0.25) is 4.79 Å². The summed E-state index contributed by atoms with van der Waals surface area (Å²) in [7, 11) is 0. The van der Waals surface area contributed by atoms with Gasteiger partial charge in [0.05, 0.1) is 19.1 Å². The van der Waals surface area contributed by atoms with E-state index in [0.717, 1.165) is 36.3 Å². The van der Waals surface area contributed by atoms with Crippen LogP contribution in [0.3, 0.4) is 0 Å². The number of fused-ring (bicyclic) bond motifs is 1. The molecule has 3 rings (SSSR count). The lowest BCUT2D eigenvalue weighted by atomic mass is 9.87. The van der Waals surface area contributed by atoms with Crippen LogP contribution in [0.1, 0.15) is 42.5 Å². The summed E-state index contributed by atoms with van der Waals surface area (Å²) in [5.74, 6) is 0.884. The first-order chi connectivity index (χ1) is 11.7. The van der Waals surface area contributed by atoms with Gasteiger partial charge >= 0.3 is 0 Å². The molecule has 2 aromatic carbocycles. The van der Waals surface area contributed by atoms with Gasteiger partial charge < -0.3 is 15.8 Å². The van der Waals surface area contributed by atoms with Gasteiger partial charge in [-0.05, 0) is 67.1 Å². The van der Waals surface area contributed by atoms with Gasteiger partial charge in [0, 0.05) is 5.69 Å². The molecule has 0 heterocycles. The molecular weight excluding hydrogens is 336 g/mol. The van der Waals surface area contributed by atoms with Gasteiger partial charge in [0.25, 0.3) is 0 Å². The van der Waals surface area contributed by atoms with Crippen molar-refractivity contribution < 1.29 is 9.53 Å². The fraction of sp³-hybridized carbons (Fsp3) is 0.350. The molecule has 1 aliphatic rings. The molecule has 0 spiro atoms. The zero-order chi connectivity index (χ0) is 16.9. The molecule has 1 unspecified atom stereocenters. The predicted molar refractivity (Wildman–Crippen MR) is 103 cm³/mol. The van der Waals surface area contributed by atoms with E-state index >= 15 is 0 Å². The van der Waals surface area contributed by atoms with Gasteiger partial charge in [-0.2, -0.15) is 0 Å². The molecule has 0 bridgehead atoms. The Hall–Kier alpha value is -2.20. The van der Waals surface area contributed by atoms with Crippen molar-refractivity contribution >= 4 is 24.0 Å². The average molecular weight is 361 g/mol. The highest BCUT2D eigenvalue weighted by molar-refractivity contribution is 5.85. The maximum atomic E-state index is 12.4. The molecule has 0 aromatic heterocycles. The Kier molecular flexibility index (Phi) is 6.71. The molecule has 0 fully saturated rings. The number of anilines is 1. The summed E-state index contributed by atoms with van der Waals surface area (Å²) in [6.45, 7) is 2.60. The zero-order valence-corrected chi connectivity index (χ0v) is 15.3. The van der Waals surface area contributed by atoms with Crippen molar-refractivity contribution in [3.05, 3.63) is 59.2 Å². The number of hydrogen-bond donors (Lipinski definition) is 2. The second-order valence-corrected chi connectivity index (χ2v) is 6.22. The van der Waals surface area contributed by atoms with E-state index in [1.807, 2.05) is 49.4 Å². The number of benzene rings is 2. The first-order valence-corrected chi connectivity index (χ1v) is 8.55. The van der Waals surface area contributed by atoms with Crippen molar-refractivity contribution in [3.63, 3.8) is 0 Å². The lowest BCUT2D eigenvalue weighted by Crippen LogP contribution is -2.32. The summed E-state index contributed by atoms with van der Waals surface area (Å²) in [5.41, 5.74) is 10.1. The molecular formula is C20H25ClN2O2. The molecule has 1 amide bonds. The quantitative estimate of drug-likeness (QED) is 0.796. The summed E-state index contributed by atoms with van der Waals surface area (Å²) in [6.07, 6.45) is 3.47. The van der Waals surface area contributed by atoms with E-state index in [2.05, 4.69) is 5.32 Å². The van der Waals surface area contributed by atoms with E-state index < -0.39 is 0 Å². The van der Waals surface area contributed by atoms with E-state index in [4.69, 9.17) is 10.5 Å². The summed E-state index contributed by atoms with van der Waals surface area (Å²) in [4.78, 5) is 12.4. The lowest BCUT2D eigenvalue weighted by molar-refractivity contribution is -0.121. The highest BCUT2D eigenvalue weighted by atomic mass is 35.5.